The minimum atomic E-state index is -0.191. The van der Waals surface area contributed by atoms with Crippen molar-refractivity contribution in [2.45, 2.75) is 6.42 Å². The lowest BCUT2D eigenvalue weighted by molar-refractivity contribution is 0.625. The number of rotatable bonds is 3. The van der Waals surface area contributed by atoms with Crippen LogP contribution in [0.25, 0.3) is 6.08 Å². The third kappa shape index (κ3) is 2.67. The Morgan fingerprint density at radius 3 is 2.75 bits per heavy atom. The van der Waals surface area contributed by atoms with Crippen LogP contribution in [0.15, 0.2) is 30.3 Å². The second-order valence-corrected chi connectivity index (χ2v) is 2.78. The molecule has 0 aliphatic rings. The Bertz CT molecular complexity index is 268. The molecule has 0 aliphatic heterocycles. The Balaban J connectivity index is 2.68. The largest absolute Gasteiger partial charge is 0.206 e. The first kappa shape index (κ1) is 9.27. The van der Waals surface area contributed by atoms with E-state index in [2.05, 4.69) is 0 Å². The molecule has 64 valence electrons. The van der Waals surface area contributed by atoms with E-state index in [1.807, 2.05) is 12.1 Å². The first-order valence-electron chi connectivity index (χ1n) is 3.81. The molecule has 0 N–H and O–H groups in total. The molecule has 1 aromatic carbocycles. The van der Waals surface area contributed by atoms with Crippen molar-refractivity contribution in [1.82, 2.24) is 0 Å². The second-order valence-electron chi connectivity index (χ2n) is 2.40. The molecule has 0 nitrogen and oxygen atoms in total. The van der Waals surface area contributed by atoms with Crippen LogP contribution in [0.2, 0.25) is 0 Å². The number of alkyl halides is 1. The molecule has 0 radical (unpaired) electrons. The van der Waals surface area contributed by atoms with E-state index in [1.165, 1.54) is 6.07 Å². The van der Waals surface area contributed by atoms with Gasteiger partial charge in [-0.05, 0) is 12.5 Å². The number of halogens is 2. The molecule has 2 heteroatoms. The van der Waals surface area contributed by atoms with Crippen molar-refractivity contribution in [2.24, 2.45) is 0 Å². The topological polar surface area (TPSA) is 0 Å². The van der Waals surface area contributed by atoms with E-state index in [0.717, 1.165) is 6.42 Å². The molecule has 0 saturated carbocycles. The van der Waals surface area contributed by atoms with Gasteiger partial charge in [-0.1, -0.05) is 30.4 Å². The van der Waals surface area contributed by atoms with Gasteiger partial charge in [-0.2, -0.15) is 0 Å². The second kappa shape index (κ2) is 4.94. The summed E-state index contributed by atoms with van der Waals surface area (Å²) in [5.41, 5.74) is 0.614. The van der Waals surface area contributed by atoms with Gasteiger partial charge in [-0.15, -0.1) is 11.6 Å². The number of benzene rings is 1. The van der Waals surface area contributed by atoms with Crippen LogP contribution in [0, 0.1) is 5.82 Å². The number of hydrogen-bond acceptors (Lipinski definition) is 0. The van der Waals surface area contributed by atoms with Gasteiger partial charge in [0, 0.05) is 11.4 Å². The Labute approximate surface area is 76.7 Å². The normalized spacial score (nSPS) is 10.8. The molecule has 0 unspecified atom stereocenters. The highest BCUT2D eigenvalue weighted by Gasteiger charge is 1.93. The van der Waals surface area contributed by atoms with E-state index in [1.54, 1.807) is 18.2 Å². The smallest absolute Gasteiger partial charge is 0.130 e. The minimum Gasteiger partial charge on any atom is -0.206 e. The van der Waals surface area contributed by atoms with Crippen molar-refractivity contribution in [1.29, 1.82) is 0 Å². The summed E-state index contributed by atoms with van der Waals surface area (Å²) in [5.74, 6) is 0.383. The van der Waals surface area contributed by atoms with Crippen molar-refractivity contribution in [2.75, 3.05) is 5.88 Å². The summed E-state index contributed by atoms with van der Waals surface area (Å²) in [7, 11) is 0. The monoisotopic (exact) mass is 184 g/mol. The van der Waals surface area contributed by atoms with Gasteiger partial charge in [0.25, 0.3) is 0 Å². The molecule has 0 fully saturated rings. The van der Waals surface area contributed by atoms with E-state index in [-0.39, 0.29) is 5.82 Å². The van der Waals surface area contributed by atoms with E-state index in [9.17, 15) is 4.39 Å². The van der Waals surface area contributed by atoms with Gasteiger partial charge in [0.2, 0.25) is 0 Å². The third-order valence-corrected chi connectivity index (χ3v) is 1.70. The van der Waals surface area contributed by atoms with Crippen LogP contribution < -0.4 is 0 Å². The number of allylic oxidation sites excluding steroid dienone is 1. The van der Waals surface area contributed by atoms with E-state index in [4.69, 9.17) is 11.6 Å². The number of hydrogen-bond donors (Lipinski definition) is 0. The summed E-state index contributed by atoms with van der Waals surface area (Å²) in [5, 5.41) is 0. The fraction of sp³-hybridized carbons (Fsp3) is 0.200. The quantitative estimate of drug-likeness (QED) is 0.631. The van der Waals surface area contributed by atoms with Gasteiger partial charge in [-0.3, -0.25) is 0 Å². The maximum Gasteiger partial charge on any atom is 0.130 e. The molecule has 1 aromatic rings. The van der Waals surface area contributed by atoms with Gasteiger partial charge >= 0.3 is 0 Å². The van der Waals surface area contributed by atoms with Crippen LogP contribution in [-0.4, -0.2) is 5.88 Å². The average molecular weight is 185 g/mol. The zero-order chi connectivity index (χ0) is 8.81. The van der Waals surface area contributed by atoms with Crippen LogP contribution in [-0.2, 0) is 0 Å². The SMILES string of the molecule is Fc1ccccc1/C=C/CCCl. The summed E-state index contributed by atoms with van der Waals surface area (Å²) in [6.07, 6.45) is 4.39. The molecule has 0 aromatic heterocycles. The van der Waals surface area contributed by atoms with Gasteiger partial charge in [0.05, 0.1) is 0 Å². The van der Waals surface area contributed by atoms with E-state index >= 15 is 0 Å². The van der Waals surface area contributed by atoms with Gasteiger partial charge < -0.3 is 0 Å². The summed E-state index contributed by atoms with van der Waals surface area (Å²) in [6.45, 7) is 0. The van der Waals surface area contributed by atoms with Crippen molar-refractivity contribution < 1.29 is 4.39 Å². The molecule has 0 heterocycles. The fourth-order valence-electron chi connectivity index (χ4n) is 0.884. The molecule has 12 heavy (non-hydrogen) atoms. The molecule has 1 rings (SSSR count). The van der Waals surface area contributed by atoms with Crippen LogP contribution in [0.1, 0.15) is 12.0 Å². The fourth-order valence-corrected chi connectivity index (χ4v) is 1.01. The maximum atomic E-state index is 12.9. The van der Waals surface area contributed by atoms with Crippen LogP contribution in [0.5, 0.6) is 0 Å². The van der Waals surface area contributed by atoms with Crippen LogP contribution >= 0.6 is 11.6 Å². The molecule has 0 spiro atoms. The van der Waals surface area contributed by atoms with Gasteiger partial charge in [-0.25, -0.2) is 4.39 Å². The molecular formula is C10H10ClF. The zero-order valence-electron chi connectivity index (χ0n) is 6.63. The van der Waals surface area contributed by atoms with Crippen LogP contribution in [0.4, 0.5) is 4.39 Å². The summed E-state index contributed by atoms with van der Waals surface area (Å²) in [4.78, 5) is 0. The Morgan fingerprint density at radius 1 is 1.33 bits per heavy atom. The lowest BCUT2D eigenvalue weighted by atomic mass is 10.2. The van der Waals surface area contributed by atoms with Crippen LogP contribution in [0.3, 0.4) is 0 Å². The highest BCUT2D eigenvalue weighted by molar-refractivity contribution is 6.17. The molecule has 0 aliphatic carbocycles. The Morgan fingerprint density at radius 2 is 2.08 bits per heavy atom. The first-order chi connectivity index (χ1) is 5.84. The van der Waals surface area contributed by atoms with Gasteiger partial charge in [0.15, 0.2) is 0 Å². The highest BCUT2D eigenvalue weighted by atomic mass is 35.5. The zero-order valence-corrected chi connectivity index (χ0v) is 7.39. The maximum absolute atomic E-state index is 12.9. The first-order valence-corrected chi connectivity index (χ1v) is 4.35. The summed E-state index contributed by atoms with van der Waals surface area (Å²) >= 11 is 5.46. The third-order valence-electron chi connectivity index (χ3n) is 1.48. The lowest BCUT2D eigenvalue weighted by Gasteiger charge is -1.93. The van der Waals surface area contributed by atoms with Crippen molar-refractivity contribution in [3.63, 3.8) is 0 Å². The van der Waals surface area contributed by atoms with Gasteiger partial charge in [0.1, 0.15) is 5.82 Å². The van der Waals surface area contributed by atoms with E-state index < -0.39 is 0 Å². The minimum absolute atomic E-state index is 0.191. The lowest BCUT2D eigenvalue weighted by Crippen LogP contribution is -1.79. The average Bonchev–Trinajstić information content (AvgIpc) is 2.09. The standard InChI is InChI=1S/C10H10ClF/c11-8-4-3-6-9-5-1-2-7-10(9)12/h1-3,5-7H,4,8H2/b6-3+. The molecule has 0 saturated heterocycles. The van der Waals surface area contributed by atoms with Crippen molar-refractivity contribution in [3.8, 4) is 0 Å². The predicted molar refractivity (Wildman–Crippen MR) is 50.8 cm³/mol. The summed E-state index contributed by atoms with van der Waals surface area (Å²) in [6, 6.07) is 6.66. The summed E-state index contributed by atoms with van der Waals surface area (Å²) < 4.78 is 12.9. The predicted octanol–water partition coefficient (Wildman–Crippen LogP) is 3.47. The van der Waals surface area contributed by atoms with Crippen molar-refractivity contribution in [3.05, 3.63) is 41.7 Å². The molecule has 0 amide bonds. The van der Waals surface area contributed by atoms with Crippen molar-refractivity contribution >= 4 is 17.7 Å². The molecule has 0 bridgehead atoms. The molecular weight excluding hydrogens is 175 g/mol. The highest BCUT2D eigenvalue weighted by Crippen LogP contribution is 2.08. The molecule has 0 atom stereocenters. The Kier molecular flexibility index (Phi) is 3.81. The van der Waals surface area contributed by atoms with E-state index in [0.29, 0.717) is 11.4 Å². The Hall–Kier alpha value is -0.820.